The van der Waals surface area contributed by atoms with E-state index in [1.165, 1.54) is 12.4 Å². The predicted molar refractivity (Wildman–Crippen MR) is 91.7 cm³/mol. The number of amides is 1. The van der Waals surface area contributed by atoms with Crippen molar-refractivity contribution >= 4 is 11.6 Å². The van der Waals surface area contributed by atoms with Gasteiger partial charge in [0.05, 0.1) is 11.7 Å². The second-order valence-corrected chi connectivity index (χ2v) is 5.58. The molecule has 3 rings (SSSR count). The average Bonchev–Trinajstić information content (AvgIpc) is 2.58. The number of aromatic amines is 1. The van der Waals surface area contributed by atoms with Crippen molar-refractivity contribution in [2.45, 2.75) is 13.0 Å². The number of hydrogen-bond donors (Lipinski definition) is 1. The van der Waals surface area contributed by atoms with Crippen molar-refractivity contribution in [1.29, 1.82) is 0 Å². The van der Waals surface area contributed by atoms with Crippen LogP contribution in [0.15, 0.2) is 48.3 Å². The Labute approximate surface area is 139 Å². The smallest absolute Gasteiger partial charge is 0.271 e. The van der Waals surface area contributed by atoms with Crippen LogP contribution in [0.5, 0.6) is 0 Å². The number of H-pyrrole nitrogens is 1. The average molecular weight is 325 g/mol. The molecule has 0 saturated carbocycles. The monoisotopic (exact) mass is 325 g/mol. The highest BCUT2D eigenvalue weighted by atomic mass is 16.2. The molecule has 1 fully saturated rings. The fourth-order valence-electron chi connectivity index (χ4n) is 2.88. The third-order valence-electron chi connectivity index (χ3n) is 4.20. The minimum Gasteiger partial charge on any atom is -0.361 e. The van der Waals surface area contributed by atoms with Crippen LogP contribution in [0, 0.1) is 0 Å². The van der Waals surface area contributed by atoms with Crippen molar-refractivity contribution in [3.05, 3.63) is 53.9 Å². The number of pyridine rings is 1. The topological polar surface area (TPSA) is 82.2 Å². The molecule has 1 saturated heterocycles. The highest BCUT2D eigenvalue weighted by Crippen LogP contribution is 2.23. The highest BCUT2D eigenvalue weighted by Gasteiger charge is 2.34. The van der Waals surface area contributed by atoms with E-state index in [0.717, 1.165) is 11.3 Å². The Morgan fingerprint density at radius 3 is 2.96 bits per heavy atom. The van der Waals surface area contributed by atoms with Crippen molar-refractivity contribution in [3.8, 4) is 11.3 Å². The van der Waals surface area contributed by atoms with Crippen LogP contribution in [-0.2, 0) is 4.79 Å². The number of hydrogen-bond acceptors (Lipinski definition) is 5. The number of likely N-dealkylation sites (tertiary alicyclic amines) is 1. The molecule has 1 N–H and O–H groups in total. The lowest BCUT2D eigenvalue weighted by Gasteiger charge is -2.45. The largest absolute Gasteiger partial charge is 0.361 e. The molecule has 0 radical (unpaired) electrons. The highest BCUT2D eigenvalue weighted by molar-refractivity contribution is 5.87. The van der Waals surface area contributed by atoms with Crippen molar-refractivity contribution in [2.75, 3.05) is 24.5 Å². The fraction of sp³-hybridized carbons (Fsp3) is 0.294. The first-order chi connectivity index (χ1) is 11.6. The zero-order valence-corrected chi connectivity index (χ0v) is 13.5. The number of anilines is 1. The lowest BCUT2D eigenvalue weighted by atomic mass is 10.1. The van der Waals surface area contributed by atoms with Gasteiger partial charge in [-0.2, -0.15) is 0 Å². The molecule has 2 aromatic rings. The van der Waals surface area contributed by atoms with Crippen LogP contribution in [0.4, 0.5) is 5.69 Å². The molecule has 0 aliphatic carbocycles. The Morgan fingerprint density at radius 2 is 2.33 bits per heavy atom. The SMILES string of the molecule is C=CC(=O)N1CC(N(CC)c2cc(-c3ccncn3)c[nH]c2=O)C1. The zero-order valence-electron chi connectivity index (χ0n) is 13.5. The van der Waals surface area contributed by atoms with Gasteiger partial charge in [-0.25, -0.2) is 9.97 Å². The van der Waals surface area contributed by atoms with Crippen molar-refractivity contribution < 1.29 is 4.79 Å². The van der Waals surface area contributed by atoms with Crippen LogP contribution < -0.4 is 10.5 Å². The van der Waals surface area contributed by atoms with Gasteiger partial charge in [-0.3, -0.25) is 9.59 Å². The lowest BCUT2D eigenvalue weighted by molar-refractivity contribution is -0.130. The van der Waals surface area contributed by atoms with Gasteiger partial charge in [0.15, 0.2) is 0 Å². The van der Waals surface area contributed by atoms with Crippen LogP contribution in [0.2, 0.25) is 0 Å². The summed E-state index contributed by atoms with van der Waals surface area (Å²) in [4.78, 5) is 38.5. The summed E-state index contributed by atoms with van der Waals surface area (Å²) in [5.74, 6) is -0.0778. The summed E-state index contributed by atoms with van der Waals surface area (Å²) in [5.41, 5.74) is 2.01. The maximum atomic E-state index is 12.3. The van der Waals surface area contributed by atoms with Crippen LogP contribution in [0.3, 0.4) is 0 Å². The summed E-state index contributed by atoms with van der Waals surface area (Å²) in [6, 6.07) is 3.75. The maximum Gasteiger partial charge on any atom is 0.271 e. The molecular formula is C17H19N5O2. The van der Waals surface area contributed by atoms with E-state index >= 15 is 0 Å². The Hall–Kier alpha value is -2.96. The first-order valence-corrected chi connectivity index (χ1v) is 7.81. The number of likely N-dealkylation sites (N-methyl/N-ethyl adjacent to an activating group) is 1. The van der Waals surface area contributed by atoms with Crippen LogP contribution in [-0.4, -0.2) is 51.4 Å². The number of carbonyl (C=O) groups is 1. The summed E-state index contributed by atoms with van der Waals surface area (Å²) >= 11 is 0. The second-order valence-electron chi connectivity index (χ2n) is 5.58. The normalized spacial score (nSPS) is 14.1. The van der Waals surface area contributed by atoms with E-state index < -0.39 is 0 Å². The molecule has 24 heavy (non-hydrogen) atoms. The van der Waals surface area contributed by atoms with Gasteiger partial charge in [0.2, 0.25) is 5.91 Å². The lowest BCUT2D eigenvalue weighted by Crippen LogP contribution is -2.61. The molecule has 0 atom stereocenters. The standard InChI is InChI=1S/C17H19N5O2/c1-3-16(23)21-9-13(10-21)22(4-2)15-7-12(8-19-17(15)24)14-5-6-18-11-20-14/h3,5-8,11,13H,1,4,9-10H2,2H3,(H,19,24). The van der Waals surface area contributed by atoms with E-state index in [1.807, 2.05) is 17.9 Å². The predicted octanol–water partition coefficient (Wildman–Crippen LogP) is 1.05. The molecule has 0 bridgehead atoms. The number of rotatable bonds is 5. The summed E-state index contributed by atoms with van der Waals surface area (Å²) < 4.78 is 0. The molecule has 7 heteroatoms. The number of aromatic nitrogens is 3. The van der Waals surface area contributed by atoms with E-state index in [4.69, 9.17) is 0 Å². The number of nitrogens with one attached hydrogen (secondary N) is 1. The molecule has 124 valence electrons. The van der Waals surface area contributed by atoms with E-state index in [9.17, 15) is 9.59 Å². The summed E-state index contributed by atoms with van der Waals surface area (Å²) in [6.45, 7) is 7.36. The summed E-state index contributed by atoms with van der Waals surface area (Å²) in [7, 11) is 0. The molecule has 1 aliphatic heterocycles. The van der Waals surface area contributed by atoms with Crippen LogP contribution in [0.25, 0.3) is 11.3 Å². The second kappa shape index (κ2) is 6.66. The van der Waals surface area contributed by atoms with Crippen LogP contribution in [0.1, 0.15) is 6.92 Å². The molecular weight excluding hydrogens is 306 g/mol. The molecule has 0 spiro atoms. The van der Waals surface area contributed by atoms with Gasteiger partial charge in [0.25, 0.3) is 5.56 Å². The van der Waals surface area contributed by atoms with Crippen molar-refractivity contribution in [3.63, 3.8) is 0 Å². The molecule has 0 aromatic carbocycles. The third-order valence-corrected chi connectivity index (χ3v) is 4.20. The van der Waals surface area contributed by atoms with Gasteiger partial charge < -0.3 is 14.8 Å². The molecule has 1 aliphatic rings. The Bertz CT molecular complexity index is 796. The Morgan fingerprint density at radius 1 is 1.54 bits per heavy atom. The van der Waals surface area contributed by atoms with E-state index in [0.29, 0.717) is 25.3 Å². The first kappa shape index (κ1) is 15.9. The molecule has 0 unspecified atom stereocenters. The number of nitrogens with zero attached hydrogens (tertiary/aromatic N) is 4. The maximum absolute atomic E-state index is 12.3. The fourth-order valence-corrected chi connectivity index (χ4v) is 2.88. The van der Waals surface area contributed by atoms with E-state index in [2.05, 4.69) is 21.5 Å². The zero-order chi connectivity index (χ0) is 17.1. The van der Waals surface area contributed by atoms with Gasteiger partial charge in [0, 0.05) is 37.6 Å². The molecule has 1 amide bonds. The summed E-state index contributed by atoms with van der Waals surface area (Å²) in [5, 5.41) is 0. The van der Waals surface area contributed by atoms with Gasteiger partial charge >= 0.3 is 0 Å². The molecule has 2 aromatic heterocycles. The van der Waals surface area contributed by atoms with Gasteiger partial charge in [-0.15, -0.1) is 0 Å². The van der Waals surface area contributed by atoms with Crippen LogP contribution >= 0.6 is 0 Å². The van der Waals surface area contributed by atoms with Gasteiger partial charge in [-0.05, 0) is 25.1 Å². The summed E-state index contributed by atoms with van der Waals surface area (Å²) in [6.07, 6.45) is 6.10. The number of carbonyl (C=O) groups excluding carboxylic acids is 1. The Kier molecular flexibility index (Phi) is 4.41. The minimum absolute atomic E-state index is 0.0778. The minimum atomic E-state index is -0.150. The van der Waals surface area contributed by atoms with Crippen molar-refractivity contribution in [1.82, 2.24) is 19.9 Å². The Balaban J connectivity index is 1.86. The third kappa shape index (κ3) is 2.92. The van der Waals surface area contributed by atoms with Gasteiger partial charge in [0.1, 0.15) is 12.0 Å². The molecule has 7 nitrogen and oxygen atoms in total. The first-order valence-electron chi connectivity index (χ1n) is 7.81. The van der Waals surface area contributed by atoms with Crippen molar-refractivity contribution in [2.24, 2.45) is 0 Å². The van der Waals surface area contributed by atoms with E-state index in [-0.39, 0.29) is 17.5 Å². The molecule has 3 heterocycles. The van der Waals surface area contributed by atoms with Gasteiger partial charge in [-0.1, -0.05) is 6.58 Å². The van der Waals surface area contributed by atoms with E-state index in [1.54, 1.807) is 23.4 Å². The quantitative estimate of drug-likeness (QED) is 0.831.